The van der Waals surface area contributed by atoms with Crippen molar-refractivity contribution in [2.45, 2.75) is 65.3 Å². The molecule has 0 radical (unpaired) electrons. The Balaban J connectivity index is 2.93. The average Bonchev–Trinajstić information content (AvgIpc) is 2.63. The summed E-state index contributed by atoms with van der Waals surface area (Å²) in [5.74, 6) is -0.596. The number of aliphatic hydroxyl groups is 1. The molecule has 0 aromatic carbocycles. The molecule has 1 amide bonds. The van der Waals surface area contributed by atoms with Crippen LogP contribution in [0.5, 0.6) is 0 Å². The van der Waals surface area contributed by atoms with Crippen molar-refractivity contribution in [3.05, 3.63) is 0 Å². The third-order valence-electron chi connectivity index (χ3n) is 3.42. The third-order valence-corrected chi connectivity index (χ3v) is 3.42. The van der Waals surface area contributed by atoms with Gasteiger partial charge >= 0.3 is 12.1 Å². The highest BCUT2D eigenvalue weighted by Crippen LogP contribution is 2.37. The van der Waals surface area contributed by atoms with E-state index < -0.39 is 41.5 Å². The average molecular weight is 316 g/mol. The van der Waals surface area contributed by atoms with E-state index in [1.54, 1.807) is 41.5 Å². The molecule has 0 spiro atoms. The van der Waals surface area contributed by atoms with Crippen LogP contribution in [0.2, 0.25) is 0 Å². The third kappa shape index (κ3) is 4.10. The van der Waals surface area contributed by atoms with Gasteiger partial charge in [0.05, 0.1) is 6.61 Å². The molecule has 1 heterocycles. The first-order chi connectivity index (χ1) is 9.82. The summed E-state index contributed by atoms with van der Waals surface area (Å²) in [5, 5.41) is 9.73. The van der Waals surface area contributed by atoms with E-state index in [4.69, 9.17) is 15.2 Å². The lowest BCUT2D eigenvalue weighted by atomic mass is 9.85. The molecule has 7 nitrogen and oxygen atoms in total. The molecule has 2 unspecified atom stereocenters. The van der Waals surface area contributed by atoms with Crippen molar-refractivity contribution in [1.29, 1.82) is 0 Å². The van der Waals surface area contributed by atoms with Crippen LogP contribution >= 0.6 is 0 Å². The van der Waals surface area contributed by atoms with Gasteiger partial charge in [-0.1, -0.05) is 0 Å². The van der Waals surface area contributed by atoms with Gasteiger partial charge in [-0.15, -0.1) is 0 Å². The number of hydrogen-bond acceptors (Lipinski definition) is 6. The Kier molecular flexibility index (Phi) is 5.14. The maximum atomic E-state index is 12.4. The normalized spacial score (nSPS) is 26.0. The number of ether oxygens (including phenoxy) is 2. The fraction of sp³-hybridized carbons (Fsp3) is 0.867. The Labute approximate surface area is 131 Å². The second-order valence-corrected chi connectivity index (χ2v) is 7.68. The number of likely N-dealkylation sites (tertiary alicyclic amines) is 1. The maximum Gasteiger partial charge on any atom is 0.411 e. The van der Waals surface area contributed by atoms with E-state index in [1.165, 1.54) is 4.90 Å². The first-order valence-corrected chi connectivity index (χ1v) is 7.42. The van der Waals surface area contributed by atoms with Crippen molar-refractivity contribution in [3.63, 3.8) is 0 Å². The largest absolute Gasteiger partial charge is 0.459 e. The van der Waals surface area contributed by atoms with Gasteiger partial charge in [-0.05, 0) is 48.0 Å². The van der Waals surface area contributed by atoms with Crippen LogP contribution in [0.25, 0.3) is 0 Å². The molecule has 0 aromatic rings. The van der Waals surface area contributed by atoms with Crippen molar-refractivity contribution in [2.75, 3.05) is 13.2 Å². The van der Waals surface area contributed by atoms with Crippen LogP contribution in [0.15, 0.2) is 0 Å². The van der Waals surface area contributed by atoms with Crippen LogP contribution in [-0.4, -0.2) is 52.6 Å². The molecule has 3 N–H and O–H groups in total. The van der Waals surface area contributed by atoms with E-state index in [1.807, 2.05) is 0 Å². The number of nitrogens with two attached hydrogens (primary N) is 1. The van der Waals surface area contributed by atoms with Gasteiger partial charge in [0, 0.05) is 6.54 Å². The topological polar surface area (TPSA) is 102 Å². The Morgan fingerprint density at radius 3 is 2.09 bits per heavy atom. The second kappa shape index (κ2) is 6.04. The fourth-order valence-electron chi connectivity index (χ4n) is 2.27. The molecule has 1 fully saturated rings. The Morgan fingerprint density at radius 2 is 1.68 bits per heavy atom. The van der Waals surface area contributed by atoms with Crippen molar-refractivity contribution in [2.24, 2.45) is 11.1 Å². The van der Waals surface area contributed by atoms with E-state index in [9.17, 15) is 14.7 Å². The van der Waals surface area contributed by atoms with Gasteiger partial charge in [0.1, 0.15) is 22.8 Å². The van der Waals surface area contributed by atoms with Crippen LogP contribution in [-0.2, 0) is 14.3 Å². The molecule has 128 valence electrons. The lowest BCUT2D eigenvalue weighted by molar-refractivity contribution is -0.171. The highest BCUT2D eigenvalue weighted by Gasteiger charge is 2.55. The standard InChI is InChI=1S/C15H28N2O5/c1-13(2,3)21-11(19)15(9-18)7-8-17(10(15)16)12(20)22-14(4,5)6/h10,18H,7-9,16H2,1-6H3. The zero-order valence-electron chi connectivity index (χ0n) is 14.3. The van der Waals surface area contributed by atoms with Gasteiger partial charge in [0.15, 0.2) is 0 Å². The quantitative estimate of drug-likeness (QED) is 0.743. The number of rotatable bonds is 2. The van der Waals surface area contributed by atoms with Crippen LogP contribution in [0.1, 0.15) is 48.0 Å². The number of amides is 1. The molecule has 1 rings (SSSR count). The van der Waals surface area contributed by atoms with Gasteiger partial charge in [0.25, 0.3) is 0 Å². The summed E-state index contributed by atoms with van der Waals surface area (Å²) in [6.45, 7) is 10.2. The molecule has 1 saturated heterocycles. The summed E-state index contributed by atoms with van der Waals surface area (Å²) in [5.41, 5.74) is 3.40. The van der Waals surface area contributed by atoms with Crippen molar-refractivity contribution in [1.82, 2.24) is 4.90 Å². The Hall–Kier alpha value is -1.34. The number of hydrogen-bond donors (Lipinski definition) is 2. The number of esters is 1. The Bertz CT molecular complexity index is 438. The zero-order chi connectivity index (χ0) is 17.3. The van der Waals surface area contributed by atoms with Gasteiger partial charge in [0.2, 0.25) is 0 Å². The number of carbonyl (C=O) groups is 2. The Morgan fingerprint density at radius 1 is 1.18 bits per heavy atom. The molecule has 0 aliphatic carbocycles. The van der Waals surface area contributed by atoms with Gasteiger partial charge in [-0.25, -0.2) is 4.79 Å². The zero-order valence-corrected chi connectivity index (χ0v) is 14.3. The molecule has 0 saturated carbocycles. The molecular weight excluding hydrogens is 288 g/mol. The summed E-state index contributed by atoms with van der Waals surface area (Å²) >= 11 is 0. The van der Waals surface area contributed by atoms with E-state index in [0.29, 0.717) is 0 Å². The summed E-state index contributed by atoms with van der Waals surface area (Å²) in [4.78, 5) is 25.9. The van der Waals surface area contributed by atoms with Crippen LogP contribution in [0.4, 0.5) is 4.79 Å². The summed E-state index contributed by atoms with van der Waals surface area (Å²) < 4.78 is 10.6. The lowest BCUT2D eigenvalue weighted by Gasteiger charge is -2.34. The number of carbonyl (C=O) groups excluding carboxylic acids is 2. The smallest absolute Gasteiger partial charge is 0.411 e. The fourth-order valence-corrected chi connectivity index (χ4v) is 2.27. The van der Waals surface area contributed by atoms with Crippen molar-refractivity contribution in [3.8, 4) is 0 Å². The maximum absolute atomic E-state index is 12.4. The van der Waals surface area contributed by atoms with Crippen LogP contribution in [0, 0.1) is 5.41 Å². The molecule has 0 bridgehead atoms. The lowest BCUT2D eigenvalue weighted by Crippen LogP contribution is -2.56. The molecule has 0 aromatic heterocycles. The highest BCUT2D eigenvalue weighted by molar-refractivity contribution is 5.81. The second-order valence-electron chi connectivity index (χ2n) is 7.68. The summed E-state index contributed by atoms with van der Waals surface area (Å²) in [7, 11) is 0. The molecule has 1 aliphatic heterocycles. The van der Waals surface area contributed by atoms with E-state index >= 15 is 0 Å². The van der Waals surface area contributed by atoms with Crippen molar-refractivity contribution < 1.29 is 24.2 Å². The van der Waals surface area contributed by atoms with E-state index in [2.05, 4.69) is 0 Å². The van der Waals surface area contributed by atoms with Crippen molar-refractivity contribution >= 4 is 12.1 Å². The van der Waals surface area contributed by atoms with E-state index in [-0.39, 0.29) is 13.0 Å². The van der Waals surface area contributed by atoms with Gasteiger partial charge < -0.3 is 20.3 Å². The minimum atomic E-state index is -1.32. The molecule has 22 heavy (non-hydrogen) atoms. The molecule has 2 atom stereocenters. The van der Waals surface area contributed by atoms with Gasteiger partial charge in [-0.2, -0.15) is 0 Å². The predicted octanol–water partition coefficient (Wildman–Crippen LogP) is 1.23. The minimum absolute atomic E-state index is 0.232. The highest BCUT2D eigenvalue weighted by atomic mass is 16.6. The van der Waals surface area contributed by atoms with Crippen LogP contribution in [0.3, 0.4) is 0 Å². The first kappa shape index (κ1) is 18.7. The molecule has 7 heteroatoms. The SMILES string of the molecule is CC(C)(C)OC(=O)N1CCC(CO)(C(=O)OC(C)(C)C)C1N. The van der Waals surface area contributed by atoms with Crippen LogP contribution < -0.4 is 5.73 Å². The number of aliphatic hydroxyl groups excluding tert-OH is 1. The molecule has 1 aliphatic rings. The summed E-state index contributed by atoms with van der Waals surface area (Å²) in [6, 6.07) is 0. The number of nitrogens with zero attached hydrogens (tertiary/aromatic N) is 1. The molecular formula is C15H28N2O5. The monoisotopic (exact) mass is 316 g/mol. The summed E-state index contributed by atoms with van der Waals surface area (Å²) in [6.07, 6.45) is -1.35. The minimum Gasteiger partial charge on any atom is -0.459 e. The predicted molar refractivity (Wildman–Crippen MR) is 80.9 cm³/mol. The van der Waals surface area contributed by atoms with Gasteiger partial charge in [-0.3, -0.25) is 9.69 Å². The van der Waals surface area contributed by atoms with E-state index in [0.717, 1.165) is 0 Å². The first-order valence-electron chi connectivity index (χ1n) is 7.42.